The lowest BCUT2D eigenvalue weighted by molar-refractivity contribution is -0.126. The molecule has 0 unspecified atom stereocenters. The molecule has 1 aromatic rings. The summed E-state index contributed by atoms with van der Waals surface area (Å²) in [6, 6.07) is 7.63. The fraction of sp³-hybridized carbons (Fsp3) is 0.467. The first kappa shape index (κ1) is 13.7. The lowest BCUT2D eigenvalue weighted by Crippen LogP contribution is -2.27. The Labute approximate surface area is 113 Å². The highest BCUT2D eigenvalue weighted by atomic mass is 16.5. The van der Waals surface area contributed by atoms with Crippen LogP contribution >= 0.6 is 0 Å². The molecule has 19 heavy (non-hydrogen) atoms. The molecule has 1 aromatic carbocycles. The SMILES string of the molecule is Cc1ccccc1NC(=O)COC1CCC(=O)CC1. The van der Waals surface area contributed by atoms with Crippen molar-refractivity contribution < 1.29 is 14.3 Å². The Balaban J connectivity index is 1.76. The summed E-state index contributed by atoms with van der Waals surface area (Å²) in [4.78, 5) is 22.9. The van der Waals surface area contributed by atoms with Crippen molar-refractivity contribution in [2.24, 2.45) is 0 Å². The molecule has 2 rings (SSSR count). The molecule has 0 aliphatic heterocycles. The zero-order valence-electron chi connectivity index (χ0n) is 11.1. The molecule has 1 fully saturated rings. The van der Waals surface area contributed by atoms with Gasteiger partial charge < -0.3 is 10.1 Å². The third-order valence-electron chi connectivity index (χ3n) is 3.36. The number of amides is 1. The molecular formula is C15H19NO3. The Hall–Kier alpha value is -1.68. The molecule has 0 saturated heterocycles. The van der Waals surface area contributed by atoms with Gasteiger partial charge in [-0.25, -0.2) is 0 Å². The van der Waals surface area contributed by atoms with E-state index in [1.165, 1.54) is 0 Å². The van der Waals surface area contributed by atoms with Gasteiger partial charge in [0.05, 0.1) is 6.10 Å². The van der Waals surface area contributed by atoms with Crippen molar-refractivity contribution in [2.45, 2.75) is 38.7 Å². The maximum atomic E-state index is 11.8. The van der Waals surface area contributed by atoms with Gasteiger partial charge in [0.15, 0.2) is 0 Å². The molecule has 4 nitrogen and oxygen atoms in total. The van der Waals surface area contributed by atoms with Crippen LogP contribution in [0.2, 0.25) is 0 Å². The van der Waals surface area contributed by atoms with Gasteiger partial charge in [0.25, 0.3) is 0 Å². The molecule has 1 saturated carbocycles. The first-order valence-corrected chi connectivity index (χ1v) is 6.64. The number of anilines is 1. The Morgan fingerprint density at radius 1 is 1.32 bits per heavy atom. The van der Waals surface area contributed by atoms with Gasteiger partial charge in [-0.15, -0.1) is 0 Å². The van der Waals surface area contributed by atoms with Gasteiger partial charge in [0.2, 0.25) is 5.91 Å². The van der Waals surface area contributed by atoms with E-state index in [1.807, 2.05) is 31.2 Å². The molecule has 0 aromatic heterocycles. The van der Waals surface area contributed by atoms with Gasteiger partial charge in [-0.05, 0) is 31.4 Å². The predicted molar refractivity (Wildman–Crippen MR) is 73.0 cm³/mol. The number of aryl methyl sites for hydroxylation is 1. The summed E-state index contributed by atoms with van der Waals surface area (Å²) in [6.07, 6.45) is 2.65. The van der Waals surface area contributed by atoms with E-state index in [1.54, 1.807) is 0 Å². The molecule has 0 heterocycles. The summed E-state index contributed by atoms with van der Waals surface area (Å²) in [5.74, 6) is 0.149. The third kappa shape index (κ3) is 4.17. The van der Waals surface area contributed by atoms with Gasteiger partial charge in [0.1, 0.15) is 12.4 Å². The molecule has 0 atom stereocenters. The monoisotopic (exact) mass is 261 g/mol. The number of carbonyl (C=O) groups excluding carboxylic acids is 2. The number of hydrogen-bond acceptors (Lipinski definition) is 3. The lowest BCUT2D eigenvalue weighted by Gasteiger charge is -2.21. The molecule has 0 spiro atoms. The van der Waals surface area contributed by atoms with Crippen LogP contribution in [0.3, 0.4) is 0 Å². The van der Waals surface area contributed by atoms with E-state index in [0.29, 0.717) is 18.6 Å². The van der Waals surface area contributed by atoms with E-state index in [-0.39, 0.29) is 18.6 Å². The van der Waals surface area contributed by atoms with Crippen molar-refractivity contribution in [3.8, 4) is 0 Å². The molecule has 1 amide bonds. The summed E-state index contributed by atoms with van der Waals surface area (Å²) in [7, 11) is 0. The van der Waals surface area contributed by atoms with Crippen molar-refractivity contribution in [3.05, 3.63) is 29.8 Å². The fourth-order valence-electron chi connectivity index (χ4n) is 2.17. The van der Waals surface area contributed by atoms with Gasteiger partial charge in [-0.2, -0.15) is 0 Å². The highest BCUT2D eigenvalue weighted by Gasteiger charge is 2.19. The summed E-state index contributed by atoms with van der Waals surface area (Å²) < 4.78 is 5.54. The van der Waals surface area contributed by atoms with Crippen molar-refractivity contribution in [3.63, 3.8) is 0 Å². The zero-order chi connectivity index (χ0) is 13.7. The molecule has 0 radical (unpaired) electrons. The fourth-order valence-corrected chi connectivity index (χ4v) is 2.17. The highest BCUT2D eigenvalue weighted by molar-refractivity contribution is 5.92. The van der Waals surface area contributed by atoms with Crippen LogP contribution in [0.4, 0.5) is 5.69 Å². The van der Waals surface area contributed by atoms with Gasteiger partial charge in [-0.3, -0.25) is 9.59 Å². The number of Topliss-reactive ketones (excluding diaryl/α,β-unsaturated/α-hetero) is 1. The number of benzene rings is 1. The molecule has 4 heteroatoms. The molecule has 102 valence electrons. The zero-order valence-corrected chi connectivity index (χ0v) is 11.1. The molecule has 1 N–H and O–H groups in total. The summed E-state index contributed by atoms with van der Waals surface area (Å²) in [6.45, 7) is 2.00. The summed E-state index contributed by atoms with van der Waals surface area (Å²) in [5, 5.41) is 2.83. The number of para-hydroxylation sites is 1. The summed E-state index contributed by atoms with van der Waals surface area (Å²) in [5.41, 5.74) is 1.84. The normalized spacial score (nSPS) is 16.4. The van der Waals surface area contributed by atoms with E-state index in [2.05, 4.69) is 5.32 Å². The van der Waals surface area contributed by atoms with E-state index in [0.717, 1.165) is 24.1 Å². The van der Waals surface area contributed by atoms with E-state index < -0.39 is 0 Å². The van der Waals surface area contributed by atoms with Crippen LogP contribution in [0.25, 0.3) is 0 Å². The lowest BCUT2D eigenvalue weighted by atomic mass is 9.96. The minimum atomic E-state index is -0.147. The van der Waals surface area contributed by atoms with Crippen molar-refractivity contribution in [2.75, 3.05) is 11.9 Å². The van der Waals surface area contributed by atoms with Crippen LogP contribution in [0, 0.1) is 6.92 Å². The molecular weight excluding hydrogens is 242 g/mol. The average molecular weight is 261 g/mol. The molecule has 0 bridgehead atoms. The van der Waals surface area contributed by atoms with Gasteiger partial charge in [-0.1, -0.05) is 18.2 Å². The molecule has 1 aliphatic carbocycles. The molecule has 1 aliphatic rings. The second-order valence-corrected chi connectivity index (χ2v) is 4.91. The average Bonchev–Trinajstić information content (AvgIpc) is 2.41. The summed E-state index contributed by atoms with van der Waals surface area (Å²) >= 11 is 0. The number of ether oxygens (including phenoxy) is 1. The third-order valence-corrected chi connectivity index (χ3v) is 3.36. The Kier molecular flexibility index (Phi) is 4.68. The van der Waals surface area contributed by atoms with Crippen LogP contribution in [-0.2, 0) is 14.3 Å². The van der Waals surface area contributed by atoms with E-state index in [9.17, 15) is 9.59 Å². The Morgan fingerprint density at radius 3 is 2.68 bits per heavy atom. The second kappa shape index (κ2) is 6.48. The Morgan fingerprint density at radius 2 is 2.00 bits per heavy atom. The van der Waals surface area contributed by atoms with Gasteiger partial charge in [0, 0.05) is 18.5 Å². The second-order valence-electron chi connectivity index (χ2n) is 4.91. The predicted octanol–water partition coefficient (Wildman–Crippen LogP) is 2.46. The smallest absolute Gasteiger partial charge is 0.250 e. The van der Waals surface area contributed by atoms with Crippen LogP contribution < -0.4 is 5.32 Å². The maximum absolute atomic E-state index is 11.8. The van der Waals surface area contributed by atoms with Crippen LogP contribution in [0.15, 0.2) is 24.3 Å². The number of carbonyl (C=O) groups is 2. The highest BCUT2D eigenvalue weighted by Crippen LogP contribution is 2.18. The number of hydrogen-bond donors (Lipinski definition) is 1. The maximum Gasteiger partial charge on any atom is 0.250 e. The van der Waals surface area contributed by atoms with E-state index in [4.69, 9.17) is 4.74 Å². The number of ketones is 1. The quantitative estimate of drug-likeness (QED) is 0.905. The number of rotatable bonds is 4. The Bertz CT molecular complexity index is 460. The van der Waals surface area contributed by atoms with Gasteiger partial charge >= 0.3 is 0 Å². The van der Waals surface area contributed by atoms with Crippen LogP contribution in [0.1, 0.15) is 31.2 Å². The first-order chi connectivity index (χ1) is 9.15. The van der Waals surface area contributed by atoms with Crippen molar-refractivity contribution in [1.29, 1.82) is 0 Å². The topological polar surface area (TPSA) is 55.4 Å². The van der Waals surface area contributed by atoms with Crippen LogP contribution in [0.5, 0.6) is 0 Å². The van der Waals surface area contributed by atoms with Crippen molar-refractivity contribution >= 4 is 17.4 Å². The minimum absolute atomic E-state index is 0.0420. The van der Waals surface area contributed by atoms with E-state index >= 15 is 0 Å². The minimum Gasteiger partial charge on any atom is -0.368 e. The van der Waals surface area contributed by atoms with Crippen LogP contribution in [-0.4, -0.2) is 24.4 Å². The number of nitrogens with one attached hydrogen (secondary N) is 1. The first-order valence-electron chi connectivity index (χ1n) is 6.64. The standard InChI is InChI=1S/C15H19NO3/c1-11-4-2-3-5-14(11)16-15(18)10-19-13-8-6-12(17)7-9-13/h2-5,13H,6-10H2,1H3,(H,16,18). The van der Waals surface area contributed by atoms with Crippen molar-refractivity contribution in [1.82, 2.24) is 0 Å². The largest absolute Gasteiger partial charge is 0.368 e.